The largest absolute Gasteiger partial charge is 0.373 e. The minimum atomic E-state index is -0.742. The second-order valence-corrected chi connectivity index (χ2v) is 5.43. The maximum Gasteiger partial charge on any atom is 0.255 e. The zero-order chi connectivity index (χ0) is 17.1. The molecule has 1 aromatic carbocycles. The number of rotatable bonds is 4. The fourth-order valence-corrected chi connectivity index (χ4v) is 2.07. The highest BCUT2D eigenvalue weighted by Gasteiger charge is 2.15. The van der Waals surface area contributed by atoms with E-state index in [0.29, 0.717) is 11.4 Å². The highest BCUT2D eigenvalue weighted by atomic mass is 19.1. The van der Waals surface area contributed by atoms with Crippen LogP contribution in [-0.2, 0) is 0 Å². The average Bonchev–Trinajstić information content (AvgIpc) is 2.46. The van der Waals surface area contributed by atoms with Gasteiger partial charge in [0.05, 0.1) is 0 Å². The number of benzene rings is 1. The van der Waals surface area contributed by atoms with Crippen molar-refractivity contribution in [3.63, 3.8) is 0 Å². The maximum atomic E-state index is 13.9. The van der Waals surface area contributed by atoms with Crippen LogP contribution in [0, 0.1) is 11.6 Å². The molecule has 0 atom stereocenters. The molecular weight excluding hydrogens is 302 g/mol. The lowest BCUT2D eigenvalue weighted by Gasteiger charge is -2.16. The molecule has 0 fully saturated rings. The summed E-state index contributed by atoms with van der Waals surface area (Å²) in [5.74, 6) is -1.34. The van der Waals surface area contributed by atoms with Crippen LogP contribution < -0.4 is 15.1 Å². The molecule has 1 amide bonds. The van der Waals surface area contributed by atoms with Crippen molar-refractivity contribution in [2.24, 2.45) is 0 Å². The van der Waals surface area contributed by atoms with Crippen LogP contribution in [0.15, 0.2) is 30.5 Å². The molecule has 0 bridgehead atoms. The summed E-state index contributed by atoms with van der Waals surface area (Å²) in [4.78, 5) is 19.4. The Labute approximate surface area is 133 Å². The topological polar surface area (TPSA) is 48.5 Å². The molecule has 23 heavy (non-hydrogen) atoms. The Balaban J connectivity index is 2.26. The van der Waals surface area contributed by atoms with E-state index in [1.165, 1.54) is 17.2 Å². The summed E-state index contributed by atoms with van der Waals surface area (Å²) < 4.78 is 27.9. The minimum Gasteiger partial charge on any atom is -0.373 e. The molecule has 122 valence electrons. The molecule has 0 aliphatic rings. The van der Waals surface area contributed by atoms with Gasteiger partial charge in [-0.05, 0) is 24.3 Å². The van der Waals surface area contributed by atoms with Gasteiger partial charge in [-0.25, -0.2) is 13.8 Å². The molecule has 1 N–H and O–H groups in total. The van der Waals surface area contributed by atoms with E-state index in [1.54, 1.807) is 39.2 Å². The minimum absolute atomic E-state index is 0.0545. The Morgan fingerprint density at radius 2 is 1.65 bits per heavy atom. The van der Waals surface area contributed by atoms with Crippen LogP contribution in [0.2, 0.25) is 0 Å². The molecule has 5 nitrogen and oxygen atoms in total. The van der Waals surface area contributed by atoms with E-state index in [0.717, 1.165) is 12.1 Å². The molecule has 0 radical (unpaired) electrons. The van der Waals surface area contributed by atoms with Crippen molar-refractivity contribution in [1.29, 1.82) is 0 Å². The lowest BCUT2D eigenvalue weighted by molar-refractivity contribution is 0.102. The molecule has 0 spiro atoms. The van der Waals surface area contributed by atoms with Crippen LogP contribution in [-0.4, -0.2) is 39.1 Å². The van der Waals surface area contributed by atoms with Crippen LogP contribution in [0.3, 0.4) is 0 Å². The predicted molar refractivity (Wildman–Crippen MR) is 87.2 cm³/mol. The van der Waals surface area contributed by atoms with Crippen molar-refractivity contribution in [2.75, 3.05) is 43.3 Å². The number of carbonyl (C=O) groups is 1. The number of aromatic nitrogens is 1. The second-order valence-electron chi connectivity index (χ2n) is 5.43. The van der Waals surface area contributed by atoms with Crippen LogP contribution in [0.5, 0.6) is 0 Å². The number of halogens is 2. The van der Waals surface area contributed by atoms with Gasteiger partial charge in [0, 0.05) is 45.6 Å². The first-order chi connectivity index (χ1) is 10.8. The van der Waals surface area contributed by atoms with E-state index in [-0.39, 0.29) is 11.4 Å². The fourth-order valence-electron chi connectivity index (χ4n) is 2.07. The summed E-state index contributed by atoms with van der Waals surface area (Å²) in [5, 5.41) is 2.49. The van der Waals surface area contributed by atoms with Crippen LogP contribution in [0.1, 0.15) is 10.4 Å². The molecule has 0 saturated carbocycles. The Morgan fingerprint density at radius 1 is 1.04 bits per heavy atom. The number of hydrogen-bond acceptors (Lipinski definition) is 4. The third kappa shape index (κ3) is 3.74. The Bertz CT molecular complexity index is 709. The van der Waals surface area contributed by atoms with E-state index in [4.69, 9.17) is 0 Å². The monoisotopic (exact) mass is 320 g/mol. The van der Waals surface area contributed by atoms with Gasteiger partial charge in [-0.2, -0.15) is 0 Å². The first-order valence-electron chi connectivity index (χ1n) is 6.90. The lowest BCUT2D eigenvalue weighted by atomic mass is 10.2. The van der Waals surface area contributed by atoms with Crippen molar-refractivity contribution in [3.05, 3.63) is 47.7 Å². The van der Waals surface area contributed by atoms with Crippen molar-refractivity contribution in [2.45, 2.75) is 0 Å². The highest BCUT2D eigenvalue weighted by Crippen LogP contribution is 2.26. The molecule has 1 aromatic heterocycles. The number of nitrogens with one attached hydrogen (secondary N) is 1. The number of carbonyl (C=O) groups excluding carboxylic acids is 1. The van der Waals surface area contributed by atoms with Gasteiger partial charge < -0.3 is 15.1 Å². The molecule has 7 heteroatoms. The maximum absolute atomic E-state index is 13.9. The summed E-state index contributed by atoms with van der Waals surface area (Å²) in [6.07, 6.45) is 1.50. The standard InChI is InChI=1S/C16H18F2N4O/c1-21(2)14-7-10(5-6-19-14)16(23)20-11-8-12(17)15(22(3)4)13(18)9-11/h5-9H,1-4H3,(H,20,23). The molecule has 0 aliphatic carbocycles. The van der Waals surface area contributed by atoms with Crippen molar-refractivity contribution in [1.82, 2.24) is 4.98 Å². The van der Waals surface area contributed by atoms with Crippen molar-refractivity contribution < 1.29 is 13.6 Å². The molecule has 0 saturated heterocycles. The zero-order valence-corrected chi connectivity index (χ0v) is 13.4. The first kappa shape index (κ1) is 16.7. The molecule has 2 rings (SSSR count). The Morgan fingerprint density at radius 3 is 2.17 bits per heavy atom. The van der Waals surface area contributed by atoms with Crippen molar-refractivity contribution in [3.8, 4) is 0 Å². The van der Waals surface area contributed by atoms with Gasteiger partial charge in [0.2, 0.25) is 0 Å². The first-order valence-corrected chi connectivity index (χ1v) is 6.90. The number of pyridine rings is 1. The smallest absolute Gasteiger partial charge is 0.255 e. The predicted octanol–water partition coefficient (Wildman–Crippen LogP) is 2.74. The van der Waals surface area contributed by atoms with Gasteiger partial charge in [0.25, 0.3) is 5.91 Å². The van der Waals surface area contributed by atoms with E-state index in [2.05, 4.69) is 10.3 Å². The molecule has 1 heterocycles. The SMILES string of the molecule is CN(C)c1cc(C(=O)Nc2cc(F)c(N(C)C)c(F)c2)ccn1. The molecular formula is C16H18F2N4O. The van der Waals surface area contributed by atoms with Crippen LogP contribution in [0.4, 0.5) is 26.0 Å². The quantitative estimate of drug-likeness (QED) is 0.941. The number of anilines is 3. The van der Waals surface area contributed by atoms with Crippen LogP contribution in [0.25, 0.3) is 0 Å². The number of hydrogen-bond donors (Lipinski definition) is 1. The summed E-state index contributed by atoms with van der Waals surface area (Å²) in [5.41, 5.74) is 0.252. The Kier molecular flexibility index (Phi) is 4.78. The summed E-state index contributed by atoms with van der Waals surface area (Å²) in [7, 11) is 6.68. The summed E-state index contributed by atoms with van der Waals surface area (Å²) in [6, 6.07) is 5.30. The van der Waals surface area contributed by atoms with Gasteiger partial charge in [-0.15, -0.1) is 0 Å². The average molecular weight is 320 g/mol. The fraction of sp³-hybridized carbons (Fsp3) is 0.250. The molecule has 0 aliphatic heterocycles. The van der Waals surface area contributed by atoms with E-state index in [1.807, 2.05) is 0 Å². The van der Waals surface area contributed by atoms with Crippen molar-refractivity contribution >= 4 is 23.1 Å². The molecule has 2 aromatic rings. The van der Waals surface area contributed by atoms with Gasteiger partial charge >= 0.3 is 0 Å². The van der Waals surface area contributed by atoms with Crippen LogP contribution >= 0.6 is 0 Å². The summed E-state index contributed by atoms with van der Waals surface area (Å²) >= 11 is 0. The molecule has 0 unspecified atom stereocenters. The third-order valence-corrected chi connectivity index (χ3v) is 3.19. The summed E-state index contributed by atoms with van der Waals surface area (Å²) in [6.45, 7) is 0. The Hall–Kier alpha value is -2.70. The van der Waals surface area contributed by atoms with E-state index < -0.39 is 17.5 Å². The zero-order valence-electron chi connectivity index (χ0n) is 13.4. The van der Waals surface area contributed by atoms with Gasteiger partial charge in [-0.1, -0.05) is 0 Å². The lowest BCUT2D eigenvalue weighted by Crippen LogP contribution is -2.17. The normalized spacial score (nSPS) is 10.3. The van der Waals surface area contributed by atoms with Gasteiger partial charge in [-0.3, -0.25) is 4.79 Å². The number of amides is 1. The second kappa shape index (κ2) is 6.60. The third-order valence-electron chi connectivity index (χ3n) is 3.19. The van der Waals surface area contributed by atoms with E-state index >= 15 is 0 Å². The highest BCUT2D eigenvalue weighted by molar-refractivity contribution is 6.04. The van der Waals surface area contributed by atoms with Gasteiger partial charge in [0.1, 0.15) is 11.5 Å². The van der Waals surface area contributed by atoms with E-state index in [9.17, 15) is 13.6 Å². The van der Waals surface area contributed by atoms with Gasteiger partial charge in [0.15, 0.2) is 11.6 Å². The number of nitrogens with zero attached hydrogens (tertiary/aromatic N) is 3.